The summed E-state index contributed by atoms with van der Waals surface area (Å²) in [5.74, 6) is -0.225. The summed E-state index contributed by atoms with van der Waals surface area (Å²) in [6, 6.07) is 7.24. The molecule has 7 nitrogen and oxygen atoms in total. The summed E-state index contributed by atoms with van der Waals surface area (Å²) >= 11 is 0. The molecule has 0 atom stereocenters. The maximum atomic E-state index is 11.9. The minimum absolute atomic E-state index is 0.0163. The highest BCUT2D eigenvalue weighted by molar-refractivity contribution is 5.91. The van der Waals surface area contributed by atoms with Crippen molar-refractivity contribution in [3.05, 3.63) is 29.8 Å². The molecule has 150 valence electrons. The van der Waals surface area contributed by atoms with Gasteiger partial charge in [-0.3, -0.25) is 9.59 Å². The third-order valence-electron chi connectivity index (χ3n) is 3.39. The zero-order valence-corrected chi connectivity index (χ0v) is 17.1. The number of carbonyl (C=O) groups excluding carboxylic acids is 3. The molecule has 0 aromatic heterocycles. The first-order chi connectivity index (χ1) is 12.4. The van der Waals surface area contributed by atoms with Gasteiger partial charge in [-0.05, 0) is 38.5 Å². The van der Waals surface area contributed by atoms with Gasteiger partial charge in [0, 0.05) is 30.6 Å². The molecule has 0 aliphatic rings. The Morgan fingerprint density at radius 3 is 2.04 bits per heavy atom. The van der Waals surface area contributed by atoms with Crippen molar-refractivity contribution in [1.82, 2.24) is 10.6 Å². The number of rotatable bonds is 6. The van der Waals surface area contributed by atoms with Crippen LogP contribution in [-0.4, -0.2) is 30.1 Å². The van der Waals surface area contributed by atoms with E-state index in [0.717, 1.165) is 5.56 Å². The molecule has 0 spiro atoms. The smallest absolute Gasteiger partial charge is 0.407 e. The molecule has 0 fully saturated rings. The predicted octanol–water partition coefficient (Wildman–Crippen LogP) is 3.20. The number of carbonyl (C=O) groups is 3. The number of hydrogen-bond acceptors (Lipinski definition) is 4. The molecule has 27 heavy (non-hydrogen) atoms. The highest BCUT2D eigenvalue weighted by Crippen LogP contribution is 2.14. The third-order valence-corrected chi connectivity index (χ3v) is 3.39. The summed E-state index contributed by atoms with van der Waals surface area (Å²) in [6.45, 7) is 11.5. The van der Waals surface area contributed by atoms with Crippen LogP contribution >= 0.6 is 0 Å². The molecule has 0 unspecified atom stereocenters. The zero-order chi connectivity index (χ0) is 20.7. The molecule has 0 radical (unpaired) electrons. The van der Waals surface area contributed by atoms with Gasteiger partial charge in [0.1, 0.15) is 5.60 Å². The molecule has 0 bridgehead atoms. The van der Waals surface area contributed by atoms with Gasteiger partial charge < -0.3 is 20.7 Å². The molecule has 0 heterocycles. The molecular formula is C20H31N3O4. The van der Waals surface area contributed by atoms with Crippen LogP contribution in [0.3, 0.4) is 0 Å². The van der Waals surface area contributed by atoms with E-state index < -0.39 is 17.1 Å². The van der Waals surface area contributed by atoms with Crippen molar-refractivity contribution in [3.63, 3.8) is 0 Å². The normalized spacial score (nSPS) is 11.5. The van der Waals surface area contributed by atoms with Crippen LogP contribution in [0.2, 0.25) is 0 Å². The molecule has 0 saturated heterocycles. The zero-order valence-electron chi connectivity index (χ0n) is 17.1. The number of alkyl carbamates (subject to hydrolysis) is 1. The number of nitrogens with one attached hydrogen (secondary N) is 3. The monoisotopic (exact) mass is 377 g/mol. The predicted molar refractivity (Wildman–Crippen MR) is 105 cm³/mol. The minimum Gasteiger partial charge on any atom is -0.444 e. The van der Waals surface area contributed by atoms with Gasteiger partial charge in [-0.15, -0.1) is 0 Å². The lowest BCUT2D eigenvalue weighted by atomic mass is 9.95. The lowest BCUT2D eigenvalue weighted by molar-refractivity contribution is -0.128. The maximum Gasteiger partial charge on any atom is 0.407 e. The van der Waals surface area contributed by atoms with Gasteiger partial charge in [0.25, 0.3) is 0 Å². The van der Waals surface area contributed by atoms with Crippen molar-refractivity contribution in [3.8, 4) is 0 Å². The second-order valence-electron chi connectivity index (χ2n) is 8.36. The average Bonchev–Trinajstić information content (AvgIpc) is 2.51. The van der Waals surface area contributed by atoms with Crippen LogP contribution in [0.25, 0.3) is 0 Å². The fraction of sp³-hybridized carbons (Fsp3) is 0.550. The molecule has 0 saturated carbocycles. The van der Waals surface area contributed by atoms with E-state index in [-0.39, 0.29) is 24.8 Å². The molecule has 3 amide bonds. The van der Waals surface area contributed by atoms with Crippen molar-refractivity contribution in [2.24, 2.45) is 5.41 Å². The van der Waals surface area contributed by atoms with Gasteiger partial charge in [0.05, 0.1) is 0 Å². The van der Waals surface area contributed by atoms with Crippen molar-refractivity contribution < 1.29 is 19.1 Å². The largest absolute Gasteiger partial charge is 0.444 e. The Bertz CT molecular complexity index is 655. The van der Waals surface area contributed by atoms with E-state index in [4.69, 9.17) is 4.74 Å². The second-order valence-corrected chi connectivity index (χ2v) is 8.36. The average molecular weight is 377 g/mol. The van der Waals surface area contributed by atoms with E-state index in [1.807, 2.05) is 32.9 Å². The van der Waals surface area contributed by atoms with E-state index in [1.54, 1.807) is 32.9 Å². The van der Waals surface area contributed by atoms with Crippen LogP contribution in [0, 0.1) is 5.41 Å². The fourth-order valence-electron chi connectivity index (χ4n) is 1.97. The summed E-state index contributed by atoms with van der Waals surface area (Å²) in [7, 11) is 0. The van der Waals surface area contributed by atoms with Crippen molar-refractivity contribution in [2.75, 3.05) is 11.9 Å². The fourth-order valence-corrected chi connectivity index (χ4v) is 1.97. The van der Waals surface area contributed by atoms with Crippen molar-refractivity contribution in [2.45, 2.75) is 60.1 Å². The highest BCUT2D eigenvalue weighted by atomic mass is 16.6. The van der Waals surface area contributed by atoms with Gasteiger partial charge in [0.2, 0.25) is 11.8 Å². The van der Waals surface area contributed by atoms with Gasteiger partial charge in [0.15, 0.2) is 0 Å². The summed E-state index contributed by atoms with van der Waals surface area (Å²) in [4.78, 5) is 35.3. The van der Waals surface area contributed by atoms with Gasteiger partial charge in [-0.2, -0.15) is 0 Å². The van der Waals surface area contributed by atoms with Gasteiger partial charge >= 0.3 is 6.09 Å². The standard InChI is InChI=1S/C20H31N3O4/c1-19(2,3)17(25)22-13-14-7-9-15(10-8-14)23-16(24)11-12-21-18(26)27-20(4,5)6/h7-10H,11-13H2,1-6H3,(H,21,26)(H,22,25)(H,23,24). The van der Waals surface area contributed by atoms with E-state index in [0.29, 0.717) is 12.2 Å². The van der Waals surface area contributed by atoms with E-state index in [2.05, 4.69) is 16.0 Å². The molecule has 0 aliphatic heterocycles. The van der Waals surface area contributed by atoms with E-state index in [1.165, 1.54) is 0 Å². The maximum absolute atomic E-state index is 11.9. The Hall–Kier alpha value is -2.57. The Morgan fingerprint density at radius 1 is 0.926 bits per heavy atom. The Kier molecular flexibility index (Phi) is 7.82. The van der Waals surface area contributed by atoms with Gasteiger partial charge in [-0.1, -0.05) is 32.9 Å². The topological polar surface area (TPSA) is 96.5 Å². The van der Waals surface area contributed by atoms with Gasteiger partial charge in [-0.25, -0.2) is 4.79 Å². The number of anilines is 1. The third kappa shape index (κ3) is 9.63. The van der Waals surface area contributed by atoms with Crippen LogP contribution in [-0.2, 0) is 20.9 Å². The SMILES string of the molecule is CC(C)(C)OC(=O)NCCC(=O)Nc1ccc(CNC(=O)C(C)(C)C)cc1. The van der Waals surface area contributed by atoms with E-state index >= 15 is 0 Å². The number of benzene rings is 1. The summed E-state index contributed by atoms with van der Waals surface area (Å²) < 4.78 is 5.10. The Labute approximate surface area is 161 Å². The minimum atomic E-state index is -0.569. The first kappa shape index (κ1) is 22.5. The lowest BCUT2D eigenvalue weighted by Crippen LogP contribution is -2.34. The summed E-state index contributed by atoms with van der Waals surface area (Å²) in [5.41, 5.74) is 0.599. The van der Waals surface area contributed by atoms with E-state index in [9.17, 15) is 14.4 Å². The summed E-state index contributed by atoms with van der Waals surface area (Å²) in [6.07, 6.45) is -0.403. The van der Waals surface area contributed by atoms with Crippen LogP contribution in [0.1, 0.15) is 53.5 Å². The Balaban J connectivity index is 2.37. The quantitative estimate of drug-likeness (QED) is 0.709. The van der Waals surface area contributed by atoms with Crippen LogP contribution < -0.4 is 16.0 Å². The molecule has 0 aliphatic carbocycles. The number of ether oxygens (including phenoxy) is 1. The van der Waals surface area contributed by atoms with Crippen molar-refractivity contribution in [1.29, 1.82) is 0 Å². The summed E-state index contributed by atoms with van der Waals surface area (Å²) in [5, 5.41) is 8.18. The Morgan fingerprint density at radius 2 is 1.52 bits per heavy atom. The number of amides is 3. The molecule has 1 aromatic rings. The van der Waals surface area contributed by atoms with Crippen LogP contribution in [0.4, 0.5) is 10.5 Å². The highest BCUT2D eigenvalue weighted by Gasteiger charge is 2.20. The molecular weight excluding hydrogens is 346 g/mol. The van der Waals surface area contributed by atoms with Crippen molar-refractivity contribution >= 4 is 23.6 Å². The van der Waals surface area contributed by atoms with Crippen LogP contribution in [0.15, 0.2) is 24.3 Å². The molecule has 7 heteroatoms. The molecule has 1 rings (SSSR count). The molecule has 1 aromatic carbocycles. The second kappa shape index (κ2) is 9.39. The first-order valence-electron chi connectivity index (χ1n) is 9.01. The van der Waals surface area contributed by atoms with Crippen LogP contribution in [0.5, 0.6) is 0 Å². The lowest BCUT2D eigenvalue weighted by Gasteiger charge is -2.19. The first-order valence-corrected chi connectivity index (χ1v) is 9.01. The molecule has 3 N–H and O–H groups in total. The number of hydrogen-bond donors (Lipinski definition) is 3.